The molecule has 0 bridgehead atoms. The maximum atomic E-state index is 12.5. The van der Waals surface area contributed by atoms with E-state index in [1.165, 1.54) is 23.1 Å². The van der Waals surface area contributed by atoms with E-state index >= 15 is 0 Å². The Balaban J connectivity index is 1.42. The molecule has 168 valence electrons. The highest BCUT2D eigenvalue weighted by molar-refractivity contribution is 8.01. The first-order valence-corrected chi connectivity index (χ1v) is 11.8. The molecule has 1 N–H and O–H groups in total. The zero-order chi connectivity index (χ0) is 22.2. The fourth-order valence-electron chi connectivity index (χ4n) is 2.95. The molecule has 0 radical (unpaired) electrons. The van der Waals surface area contributed by atoms with Gasteiger partial charge >= 0.3 is 0 Å². The van der Waals surface area contributed by atoms with Gasteiger partial charge in [0.1, 0.15) is 11.5 Å². The molecule has 2 amide bonds. The summed E-state index contributed by atoms with van der Waals surface area (Å²) in [7, 11) is 1.59. The molecule has 2 heterocycles. The number of carbonyl (C=O) groups excluding carboxylic acids is 2. The van der Waals surface area contributed by atoms with E-state index in [9.17, 15) is 9.59 Å². The summed E-state index contributed by atoms with van der Waals surface area (Å²) in [6, 6.07) is 7.32. The molecule has 9 nitrogen and oxygen atoms in total. The van der Waals surface area contributed by atoms with Crippen molar-refractivity contribution >= 4 is 40.0 Å². The Morgan fingerprint density at radius 1 is 1.19 bits per heavy atom. The van der Waals surface area contributed by atoms with Gasteiger partial charge in [-0.3, -0.25) is 9.59 Å². The molecular weight excluding hydrogens is 438 g/mol. The Labute approximate surface area is 190 Å². The molecule has 0 atom stereocenters. The summed E-state index contributed by atoms with van der Waals surface area (Å²) in [4.78, 5) is 28.2. The normalized spacial score (nSPS) is 13.9. The van der Waals surface area contributed by atoms with Gasteiger partial charge in [-0.1, -0.05) is 29.2 Å². The minimum Gasteiger partial charge on any atom is -0.497 e. The van der Waals surface area contributed by atoms with Crippen LogP contribution < -0.4 is 19.7 Å². The number of ether oxygens (including phenoxy) is 2. The molecule has 0 spiro atoms. The smallest absolute Gasteiger partial charge is 0.260 e. The summed E-state index contributed by atoms with van der Waals surface area (Å²) in [6.45, 7) is 6.40. The Morgan fingerprint density at radius 3 is 2.65 bits per heavy atom. The standard InChI is InChI=1S/C20H27N5O4S2/c1-14(2)21-17(26)13-30-20-23-22-19(31-20)25-9-7-24(8-10-25)18(27)12-29-16-6-4-5-15(11-16)28-3/h4-6,11,14H,7-10,12-13H2,1-3H3,(H,21,26). The molecule has 11 heteroatoms. The van der Waals surface area contributed by atoms with E-state index < -0.39 is 0 Å². The minimum atomic E-state index is -0.0489. The van der Waals surface area contributed by atoms with Crippen molar-refractivity contribution in [2.45, 2.75) is 24.2 Å². The van der Waals surface area contributed by atoms with Crippen molar-refractivity contribution in [1.29, 1.82) is 0 Å². The molecule has 1 aromatic carbocycles. The third kappa shape index (κ3) is 7.00. The Bertz CT molecular complexity index is 884. The van der Waals surface area contributed by atoms with Crippen LogP contribution in [0.5, 0.6) is 11.5 Å². The molecule has 3 rings (SSSR count). The summed E-state index contributed by atoms with van der Waals surface area (Å²) >= 11 is 2.85. The van der Waals surface area contributed by atoms with E-state index in [4.69, 9.17) is 9.47 Å². The number of benzene rings is 1. The maximum absolute atomic E-state index is 12.5. The number of carbonyl (C=O) groups is 2. The van der Waals surface area contributed by atoms with Crippen molar-refractivity contribution in [3.05, 3.63) is 24.3 Å². The van der Waals surface area contributed by atoms with Gasteiger partial charge in [-0.15, -0.1) is 10.2 Å². The van der Waals surface area contributed by atoms with Gasteiger partial charge in [0.25, 0.3) is 5.91 Å². The molecule has 1 aromatic heterocycles. The lowest BCUT2D eigenvalue weighted by Gasteiger charge is -2.34. The van der Waals surface area contributed by atoms with Gasteiger partial charge in [-0.05, 0) is 26.0 Å². The van der Waals surface area contributed by atoms with Crippen molar-refractivity contribution in [1.82, 2.24) is 20.4 Å². The fourth-order valence-corrected chi connectivity index (χ4v) is 4.66. The Hall–Kier alpha value is -2.53. The highest BCUT2D eigenvalue weighted by atomic mass is 32.2. The maximum Gasteiger partial charge on any atom is 0.260 e. The average molecular weight is 466 g/mol. The minimum absolute atomic E-state index is 0.00873. The van der Waals surface area contributed by atoms with Gasteiger partial charge in [-0.2, -0.15) is 0 Å². The summed E-state index contributed by atoms with van der Waals surface area (Å²) in [5, 5.41) is 12.1. The molecule has 1 fully saturated rings. The van der Waals surface area contributed by atoms with Crippen LogP contribution in [0.3, 0.4) is 0 Å². The molecule has 0 aliphatic carbocycles. The number of rotatable bonds is 9. The number of hydrogen-bond donors (Lipinski definition) is 1. The first kappa shape index (κ1) is 23.1. The van der Waals surface area contributed by atoms with Crippen LogP contribution >= 0.6 is 23.1 Å². The second-order valence-corrected chi connectivity index (χ2v) is 9.38. The molecular formula is C20H27N5O4S2. The van der Waals surface area contributed by atoms with Gasteiger partial charge in [0.05, 0.1) is 12.9 Å². The van der Waals surface area contributed by atoms with Crippen LogP contribution in [0, 0.1) is 0 Å². The third-order valence-electron chi connectivity index (χ3n) is 4.48. The number of amides is 2. The van der Waals surface area contributed by atoms with E-state index in [2.05, 4.69) is 20.4 Å². The lowest BCUT2D eigenvalue weighted by atomic mass is 10.3. The number of hydrogen-bond acceptors (Lipinski definition) is 9. The van der Waals surface area contributed by atoms with Crippen molar-refractivity contribution in [3.63, 3.8) is 0 Å². The third-order valence-corrected chi connectivity index (χ3v) is 6.60. The average Bonchev–Trinajstić information content (AvgIpc) is 3.25. The summed E-state index contributed by atoms with van der Waals surface area (Å²) in [5.74, 6) is 1.55. The monoisotopic (exact) mass is 465 g/mol. The van der Waals surface area contributed by atoms with Crippen LogP contribution in [0.25, 0.3) is 0 Å². The molecule has 0 saturated carbocycles. The van der Waals surface area contributed by atoms with Gasteiger partial charge in [-0.25, -0.2) is 0 Å². The Morgan fingerprint density at radius 2 is 1.94 bits per heavy atom. The van der Waals surface area contributed by atoms with Crippen LogP contribution in [0.15, 0.2) is 28.6 Å². The SMILES string of the molecule is COc1cccc(OCC(=O)N2CCN(c3nnc(SCC(=O)NC(C)C)s3)CC2)c1. The van der Waals surface area contributed by atoms with Crippen molar-refractivity contribution in [3.8, 4) is 11.5 Å². The van der Waals surface area contributed by atoms with Crippen LogP contribution in [0.4, 0.5) is 5.13 Å². The quantitative estimate of drug-likeness (QED) is 0.561. The number of nitrogens with zero attached hydrogens (tertiary/aromatic N) is 4. The van der Waals surface area contributed by atoms with Gasteiger partial charge < -0.3 is 24.6 Å². The largest absolute Gasteiger partial charge is 0.497 e. The van der Waals surface area contributed by atoms with E-state index in [0.717, 1.165) is 9.47 Å². The van der Waals surface area contributed by atoms with Crippen LogP contribution in [-0.4, -0.2) is 78.6 Å². The van der Waals surface area contributed by atoms with Crippen molar-refractivity contribution in [2.24, 2.45) is 0 Å². The van der Waals surface area contributed by atoms with Crippen molar-refractivity contribution < 1.29 is 19.1 Å². The Kier molecular flexibility index (Phi) is 8.35. The number of aromatic nitrogens is 2. The highest BCUT2D eigenvalue weighted by Gasteiger charge is 2.24. The second-order valence-electron chi connectivity index (χ2n) is 7.20. The van der Waals surface area contributed by atoms with Gasteiger partial charge in [0.15, 0.2) is 10.9 Å². The summed E-state index contributed by atoms with van der Waals surface area (Å²) in [6.07, 6.45) is 0. The van der Waals surface area contributed by atoms with E-state index in [1.807, 2.05) is 26.0 Å². The number of piperazine rings is 1. The van der Waals surface area contributed by atoms with Gasteiger partial charge in [0.2, 0.25) is 11.0 Å². The van der Waals surface area contributed by atoms with Crippen LogP contribution in [0.1, 0.15) is 13.8 Å². The molecule has 1 aliphatic rings. The van der Waals surface area contributed by atoms with E-state index in [1.54, 1.807) is 24.1 Å². The van der Waals surface area contributed by atoms with E-state index in [0.29, 0.717) is 43.4 Å². The second kappa shape index (κ2) is 11.2. The topological polar surface area (TPSA) is 96.9 Å². The number of nitrogens with one attached hydrogen (secondary N) is 1. The molecule has 1 saturated heterocycles. The van der Waals surface area contributed by atoms with Crippen LogP contribution in [0.2, 0.25) is 0 Å². The molecule has 31 heavy (non-hydrogen) atoms. The zero-order valence-electron chi connectivity index (χ0n) is 17.9. The highest BCUT2D eigenvalue weighted by Crippen LogP contribution is 2.28. The predicted molar refractivity (Wildman–Crippen MR) is 121 cm³/mol. The first-order chi connectivity index (χ1) is 14.9. The molecule has 0 unspecified atom stereocenters. The summed E-state index contributed by atoms with van der Waals surface area (Å²) < 4.78 is 11.5. The predicted octanol–water partition coefficient (Wildman–Crippen LogP) is 1.89. The molecule has 1 aliphatic heterocycles. The van der Waals surface area contributed by atoms with Crippen LogP contribution in [-0.2, 0) is 9.59 Å². The lowest BCUT2D eigenvalue weighted by molar-refractivity contribution is -0.133. The van der Waals surface area contributed by atoms with Gasteiger partial charge in [0, 0.05) is 38.3 Å². The lowest BCUT2D eigenvalue weighted by Crippen LogP contribution is -2.50. The molecule has 2 aromatic rings. The fraction of sp³-hybridized carbons (Fsp3) is 0.500. The first-order valence-electron chi connectivity index (χ1n) is 10.00. The number of methoxy groups -OCH3 is 1. The van der Waals surface area contributed by atoms with E-state index in [-0.39, 0.29) is 24.5 Å². The number of anilines is 1. The summed E-state index contributed by atoms with van der Waals surface area (Å²) in [5.41, 5.74) is 0. The number of thioether (sulfide) groups is 1. The zero-order valence-corrected chi connectivity index (χ0v) is 19.5. The van der Waals surface area contributed by atoms with Crippen molar-refractivity contribution in [2.75, 3.05) is 50.5 Å².